The molecule has 4 rings (SSSR count). The number of unbranched alkanes of at least 4 members (excludes halogenated alkanes) is 2. The monoisotopic (exact) mass is 518 g/mol. The van der Waals surface area contributed by atoms with Crippen LogP contribution in [0.4, 0.5) is 0 Å². The molecule has 196 valence electrons. The molecule has 8 heteroatoms. The van der Waals surface area contributed by atoms with Crippen molar-refractivity contribution in [2.24, 2.45) is 10.2 Å². The van der Waals surface area contributed by atoms with E-state index in [1.54, 1.807) is 12.4 Å². The van der Waals surface area contributed by atoms with Gasteiger partial charge >= 0.3 is 0 Å². The van der Waals surface area contributed by atoms with Crippen LogP contribution >= 0.6 is 0 Å². The van der Waals surface area contributed by atoms with Crippen LogP contribution < -0.4 is 10.9 Å². The second kappa shape index (κ2) is 14.7. The Morgan fingerprint density at radius 3 is 1.33 bits per heavy atom. The SMILES string of the molecule is O=C(CCCCCC(=O)N/N=C(\c1ccccc1)c1ccccn1)N/N=C(\c1ccccc1)c1ccccn1. The first-order valence-electron chi connectivity index (χ1n) is 12.9. The van der Waals surface area contributed by atoms with Gasteiger partial charge in [-0.3, -0.25) is 19.6 Å². The highest BCUT2D eigenvalue weighted by atomic mass is 16.2. The van der Waals surface area contributed by atoms with Gasteiger partial charge in [0, 0.05) is 36.4 Å². The first-order chi connectivity index (χ1) is 19.2. The van der Waals surface area contributed by atoms with Crippen molar-refractivity contribution in [2.45, 2.75) is 32.1 Å². The molecule has 0 bridgehead atoms. The highest BCUT2D eigenvalue weighted by molar-refractivity contribution is 6.12. The zero-order valence-electron chi connectivity index (χ0n) is 21.5. The summed E-state index contributed by atoms with van der Waals surface area (Å²) in [5.74, 6) is -0.368. The van der Waals surface area contributed by atoms with Crippen LogP contribution in [-0.2, 0) is 9.59 Å². The normalized spacial score (nSPS) is 11.6. The van der Waals surface area contributed by atoms with E-state index in [-0.39, 0.29) is 11.8 Å². The lowest BCUT2D eigenvalue weighted by Gasteiger charge is -2.08. The molecule has 0 saturated heterocycles. The van der Waals surface area contributed by atoms with E-state index in [9.17, 15) is 9.59 Å². The van der Waals surface area contributed by atoms with Crippen molar-refractivity contribution in [3.63, 3.8) is 0 Å². The molecule has 2 aromatic carbocycles. The molecule has 4 aromatic rings. The molecule has 0 unspecified atom stereocenters. The molecule has 8 nitrogen and oxygen atoms in total. The molecule has 2 aromatic heterocycles. The molecule has 0 fully saturated rings. The first kappa shape index (κ1) is 27.1. The van der Waals surface area contributed by atoms with E-state index in [1.165, 1.54) is 0 Å². The quantitative estimate of drug-likeness (QED) is 0.159. The van der Waals surface area contributed by atoms with Crippen molar-refractivity contribution in [1.82, 2.24) is 20.8 Å². The second-order valence-electron chi connectivity index (χ2n) is 8.71. The largest absolute Gasteiger partial charge is 0.273 e. The lowest BCUT2D eigenvalue weighted by Crippen LogP contribution is -2.21. The number of hydrogen-bond donors (Lipinski definition) is 2. The fourth-order valence-corrected chi connectivity index (χ4v) is 3.83. The average Bonchev–Trinajstić information content (AvgIpc) is 2.99. The van der Waals surface area contributed by atoms with Gasteiger partial charge in [-0.05, 0) is 37.1 Å². The van der Waals surface area contributed by atoms with Gasteiger partial charge in [-0.25, -0.2) is 10.9 Å². The zero-order valence-corrected chi connectivity index (χ0v) is 21.5. The Hall–Kier alpha value is -4.98. The number of amides is 2. The van der Waals surface area contributed by atoms with Crippen molar-refractivity contribution in [3.05, 3.63) is 132 Å². The highest BCUT2D eigenvalue weighted by Crippen LogP contribution is 2.10. The lowest BCUT2D eigenvalue weighted by molar-refractivity contribution is -0.121. The van der Waals surface area contributed by atoms with E-state index < -0.39 is 0 Å². The maximum absolute atomic E-state index is 12.4. The predicted molar refractivity (Wildman–Crippen MR) is 152 cm³/mol. The van der Waals surface area contributed by atoms with Gasteiger partial charge in [0.1, 0.15) is 11.4 Å². The van der Waals surface area contributed by atoms with Crippen LogP contribution in [0.15, 0.2) is 120 Å². The number of benzene rings is 2. The fraction of sp³-hybridized carbons (Fsp3) is 0.161. The van der Waals surface area contributed by atoms with Crippen LogP contribution in [0.1, 0.15) is 54.6 Å². The van der Waals surface area contributed by atoms with Gasteiger partial charge < -0.3 is 0 Å². The third kappa shape index (κ3) is 8.53. The van der Waals surface area contributed by atoms with Gasteiger partial charge in [-0.2, -0.15) is 10.2 Å². The molecule has 0 spiro atoms. The molecule has 0 saturated carbocycles. The predicted octanol–water partition coefficient (Wildman–Crippen LogP) is 4.86. The van der Waals surface area contributed by atoms with E-state index in [4.69, 9.17) is 0 Å². The third-order valence-electron chi connectivity index (χ3n) is 5.80. The molecular weight excluding hydrogens is 488 g/mol. The number of hydrogen-bond acceptors (Lipinski definition) is 6. The number of hydrazone groups is 2. The van der Waals surface area contributed by atoms with E-state index in [0.29, 0.717) is 48.5 Å². The first-order valence-corrected chi connectivity index (χ1v) is 12.9. The van der Waals surface area contributed by atoms with Crippen LogP contribution in [0.5, 0.6) is 0 Å². The molecule has 2 heterocycles. The minimum Gasteiger partial charge on any atom is -0.273 e. The average molecular weight is 519 g/mol. The van der Waals surface area contributed by atoms with Gasteiger partial charge in [0.2, 0.25) is 11.8 Å². The Balaban J connectivity index is 1.23. The lowest BCUT2D eigenvalue weighted by atomic mass is 10.1. The Labute approximate surface area is 227 Å². The van der Waals surface area contributed by atoms with Gasteiger partial charge in [-0.1, -0.05) is 79.2 Å². The van der Waals surface area contributed by atoms with Gasteiger partial charge in [0.15, 0.2) is 0 Å². The highest BCUT2D eigenvalue weighted by Gasteiger charge is 2.11. The summed E-state index contributed by atoms with van der Waals surface area (Å²) >= 11 is 0. The van der Waals surface area contributed by atoms with Crippen LogP contribution in [0.3, 0.4) is 0 Å². The van der Waals surface area contributed by atoms with E-state index >= 15 is 0 Å². The topological polar surface area (TPSA) is 109 Å². The van der Waals surface area contributed by atoms with Crippen molar-refractivity contribution in [1.29, 1.82) is 0 Å². The molecule has 0 aliphatic rings. The third-order valence-corrected chi connectivity index (χ3v) is 5.80. The van der Waals surface area contributed by atoms with Gasteiger partial charge in [-0.15, -0.1) is 0 Å². The fourth-order valence-electron chi connectivity index (χ4n) is 3.83. The van der Waals surface area contributed by atoms with Gasteiger partial charge in [0.25, 0.3) is 0 Å². The summed E-state index contributed by atoms with van der Waals surface area (Å²) in [6.07, 6.45) is 6.02. The number of nitrogens with one attached hydrogen (secondary N) is 2. The maximum atomic E-state index is 12.4. The second-order valence-corrected chi connectivity index (χ2v) is 8.71. The van der Waals surface area contributed by atoms with Crippen molar-refractivity contribution in [3.8, 4) is 0 Å². The minimum atomic E-state index is -0.184. The summed E-state index contributed by atoms with van der Waals surface area (Å²) in [4.78, 5) is 33.6. The molecule has 0 radical (unpaired) electrons. The Morgan fingerprint density at radius 1 is 0.538 bits per heavy atom. The number of pyridine rings is 2. The Bertz CT molecular complexity index is 1200. The molecular formula is C31H30N6O2. The number of nitrogens with zero attached hydrogens (tertiary/aromatic N) is 4. The minimum absolute atomic E-state index is 0.184. The number of carbonyl (C=O) groups excluding carboxylic acids is 2. The Morgan fingerprint density at radius 2 is 0.949 bits per heavy atom. The standard InChI is InChI=1S/C31H30N6O2/c38-28(34-36-30(24-14-4-1-5-15-24)26-18-10-12-22-32-26)20-8-3-9-21-29(39)35-37-31(25-16-6-2-7-17-25)27-19-11-13-23-33-27/h1-2,4-7,10-19,22-23H,3,8-9,20-21H2,(H,34,38)(H,35,39)/b36-30+,37-31+. The summed E-state index contributed by atoms with van der Waals surface area (Å²) in [7, 11) is 0. The van der Waals surface area contributed by atoms with E-state index in [2.05, 4.69) is 31.0 Å². The molecule has 0 atom stereocenters. The molecule has 39 heavy (non-hydrogen) atoms. The summed E-state index contributed by atoms with van der Waals surface area (Å²) in [5, 5.41) is 8.71. The smallest absolute Gasteiger partial charge is 0.240 e. The molecule has 2 amide bonds. The summed E-state index contributed by atoms with van der Waals surface area (Å²) in [6.45, 7) is 0. The van der Waals surface area contributed by atoms with Crippen LogP contribution in [-0.4, -0.2) is 33.2 Å². The summed E-state index contributed by atoms with van der Waals surface area (Å²) in [5.41, 5.74) is 9.58. The molecule has 2 N–H and O–H groups in total. The maximum Gasteiger partial charge on any atom is 0.240 e. The van der Waals surface area contributed by atoms with E-state index in [0.717, 1.165) is 17.5 Å². The molecule has 0 aliphatic heterocycles. The number of rotatable bonds is 12. The van der Waals surface area contributed by atoms with Crippen LogP contribution in [0, 0.1) is 0 Å². The Kier molecular flexibility index (Phi) is 10.2. The van der Waals surface area contributed by atoms with Crippen molar-refractivity contribution >= 4 is 23.2 Å². The summed E-state index contributed by atoms with van der Waals surface area (Å²) < 4.78 is 0. The van der Waals surface area contributed by atoms with Crippen molar-refractivity contribution < 1.29 is 9.59 Å². The van der Waals surface area contributed by atoms with Crippen molar-refractivity contribution in [2.75, 3.05) is 0 Å². The van der Waals surface area contributed by atoms with Gasteiger partial charge in [0.05, 0.1) is 11.4 Å². The number of carbonyl (C=O) groups is 2. The van der Waals surface area contributed by atoms with Crippen LogP contribution in [0.25, 0.3) is 0 Å². The number of aromatic nitrogens is 2. The summed E-state index contributed by atoms with van der Waals surface area (Å²) in [6, 6.07) is 30.3. The van der Waals surface area contributed by atoms with E-state index in [1.807, 2.05) is 97.1 Å². The zero-order chi connectivity index (χ0) is 27.1. The van der Waals surface area contributed by atoms with Crippen LogP contribution in [0.2, 0.25) is 0 Å². The molecule has 0 aliphatic carbocycles.